The predicted octanol–water partition coefficient (Wildman–Crippen LogP) is 2.94. The molecule has 0 atom stereocenters. The first-order valence-corrected chi connectivity index (χ1v) is 9.39. The van der Waals surface area contributed by atoms with Crippen molar-refractivity contribution in [2.45, 2.75) is 6.42 Å². The number of hydrogen-bond donors (Lipinski definition) is 2. The van der Waals surface area contributed by atoms with Crippen molar-refractivity contribution in [3.05, 3.63) is 70.0 Å². The van der Waals surface area contributed by atoms with Gasteiger partial charge in [0.1, 0.15) is 5.75 Å². The molecular weight excluding hydrogens is 376 g/mol. The molecule has 0 saturated carbocycles. The number of fused-ring (bicyclic) bond motifs is 1. The van der Waals surface area contributed by atoms with E-state index >= 15 is 0 Å². The van der Waals surface area contributed by atoms with Gasteiger partial charge in [-0.2, -0.15) is 5.10 Å². The van der Waals surface area contributed by atoms with Gasteiger partial charge in [0.25, 0.3) is 5.56 Å². The third-order valence-corrected chi connectivity index (χ3v) is 5.05. The number of para-hydroxylation sites is 1. The van der Waals surface area contributed by atoms with Gasteiger partial charge in [0.05, 0.1) is 23.2 Å². The highest BCUT2D eigenvalue weighted by atomic mass is 32.1. The van der Waals surface area contributed by atoms with Gasteiger partial charge in [0.2, 0.25) is 5.91 Å². The Balaban J connectivity index is 1.56. The molecule has 4 rings (SSSR count). The van der Waals surface area contributed by atoms with Crippen LogP contribution in [0.4, 0.5) is 5.13 Å². The van der Waals surface area contributed by atoms with Crippen LogP contribution >= 0.6 is 11.3 Å². The molecule has 0 fully saturated rings. The van der Waals surface area contributed by atoms with Crippen molar-refractivity contribution in [1.82, 2.24) is 14.8 Å². The zero-order valence-corrected chi connectivity index (χ0v) is 15.7. The van der Waals surface area contributed by atoms with Gasteiger partial charge >= 0.3 is 0 Å². The molecule has 2 aromatic carbocycles. The van der Waals surface area contributed by atoms with E-state index in [0.717, 1.165) is 0 Å². The summed E-state index contributed by atoms with van der Waals surface area (Å²) >= 11 is 1.27. The Kier molecular flexibility index (Phi) is 4.62. The van der Waals surface area contributed by atoms with Crippen LogP contribution in [0.2, 0.25) is 0 Å². The number of aromatic nitrogens is 3. The number of nitrogens with one attached hydrogen (secondary N) is 1. The van der Waals surface area contributed by atoms with Crippen molar-refractivity contribution in [2.24, 2.45) is 7.05 Å². The molecule has 2 heterocycles. The summed E-state index contributed by atoms with van der Waals surface area (Å²) < 4.78 is 1.24. The molecule has 1 amide bonds. The monoisotopic (exact) mass is 392 g/mol. The topological polar surface area (TPSA) is 97.1 Å². The molecule has 0 aliphatic rings. The molecule has 2 N–H and O–H groups in total. The maximum absolute atomic E-state index is 12.5. The molecule has 0 aliphatic heterocycles. The number of nitrogens with zero attached hydrogens (tertiary/aromatic N) is 3. The van der Waals surface area contributed by atoms with E-state index < -0.39 is 0 Å². The minimum Gasteiger partial charge on any atom is -0.507 e. The largest absolute Gasteiger partial charge is 0.507 e. The molecule has 4 aromatic rings. The lowest BCUT2D eigenvalue weighted by Gasteiger charge is -2.07. The number of phenols is 1. The zero-order valence-electron chi connectivity index (χ0n) is 14.9. The lowest BCUT2D eigenvalue weighted by molar-refractivity contribution is -0.115. The second kappa shape index (κ2) is 7.24. The molecule has 0 aliphatic carbocycles. The first-order chi connectivity index (χ1) is 13.5. The molecule has 0 spiro atoms. The second-order valence-corrected chi connectivity index (χ2v) is 7.06. The predicted molar refractivity (Wildman–Crippen MR) is 109 cm³/mol. The molecule has 0 saturated heterocycles. The van der Waals surface area contributed by atoms with Crippen LogP contribution in [0, 0.1) is 0 Å². The standard InChI is InChI=1S/C20H16N4O3S/c1-24-19(27)13-7-3-2-6-12(13)15(23-24)10-18(26)22-20-21-16(11-28-20)14-8-4-5-9-17(14)25/h2-9,11,25H,10H2,1H3,(H,21,22,26). The number of rotatable bonds is 4. The maximum Gasteiger partial charge on any atom is 0.274 e. The van der Waals surface area contributed by atoms with Crippen molar-refractivity contribution in [1.29, 1.82) is 0 Å². The van der Waals surface area contributed by atoms with Gasteiger partial charge in [-0.3, -0.25) is 9.59 Å². The number of amides is 1. The van der Waals surface area contributed by atoms with Crippen molar-refractivity contribution in [3.8, 4) is 17.0 Å². The molecule has 7 nitrogen and oxygen atoms in total. The number of thiazole rings is 1. The van der Waals surface area contributed by atoms with E-state index in [1.54, 1.807) is 48.8 Å². The van der Waals surface area contributed by atoms with E-state index in [2.05, 4.69) is 15.4 Å². The first kappa shape index (κ1) is 17.9. The van der Waals surface area contributed by atoms with Gasteiger partial charge in [0.15, 0.2) is 5.13 Å². The summed E-state index contributed by atoms with van der Waals surface area (Å²) in [6.45, 7) is 0. The van der Waals surface area contributed by atoms with Crippen molar-refractivity contribution >= 4 is 33.1 Å². The lowest BCUT2D eigenvalue weighted by atomic mass is 10.1. The maximum atomic E-state index is 12.5. The molecular formula is C20H16N4O3S. The summed E-state index contributed by atoms with van der Waals surface area (Å²) in [6.07, 6.45) is 0.0140. The Morgan fingerprint density at radius 2 is 1.86 bits per heavy atom. The van der Waals surface area contributed by atoms with E-state index in [-0.39, 0.29) is 23.6 Å². The van der Waals surface area contributed by atoms with Gasteiger partial charge in [-0.1, -0.05) is 30.3 Å². The van der Waals surface area contributed by atoms with Crippen molar-refractivity contribution < 1.29 is 9.90 Å². The summed E-state index contributed by atoms with van der Waals surface area (Å²) in [4.78, 5) is 29.1. The quantitative estimate of drug-likeness (QED) is 0.557. The first-order valence-electron chi connectivity index (χ1n) is 8.51. The van der Waals surface area contributed by atoms with Crippen LogP contribution < -0.4 is 10.9 Å². The Morgan fingerprint density at radius 3 is 2.64 bits per heavy atom. The minimum absolute atomic E-state index is 0.0140. The van der Waals surface area contributed by atoms with E-state index in [9.17, 15) is 14.7 Å². The molecule has 0 radical (unpaired) electrons. The van der Waals surface area contributed by atoms with Crippen LogP contribution in [0.5, 0.6) is 5.75 Å². The van der Waals surface area contributed by atoms with Crippen LogP contribution in [0.25, 0.3) is 22.0 Å². The van der Waals surface area contributed by atoms with Crippen LogP contribution in [0.3, 0.4) is 0 Å². The van der Waals surface area contributed by atoms with E-state index in [1.165, 1.54) is 16.0 Å². The highest BCUT2D eigenvalue weighted by Crippen LogP contribution is 2.31. The fourth-order valence-electron chi connectivity index (χ4n) is 2.97. The van der Waals surface area contributed by atoms with Crippen LogP contribution in [0.1, 0.15) is 5.69 Å². The second-order valence-electron chi connectivity index (χ2n) is 6.20. The SMILES string of the molecule is Cn1nc(CC(=O)Nc2nc(-c3ccccc3O)cs2)c2ccccc2c1=O. The molecule has 0 unspecified atom stereocenters. The van der Waals surface area contributed by atoms with E-state index in [4.69, 9.17) is 0 Å². The molecule has 2 aromatic heterocycles. The zero-order chi connectivity index (χ0) is 19.7. The van der Waals surface area contributed by atoms with Gasteiger partial charge in [-0.25, -0.2) is 9.67 Å². The average molecular weight is 392 g/mol. The van der Waals surface area contributed by atoms with Crippen molar-refractivity contribution in [2.75, 3.05) is 5.32 Å². The average Bonchev–Trinajstić information content (AvgIpc) is 3.14. The smallest absolute Gasteiger partial charge is 0.274 e. The number of hydrogen-bond acceptors (Lipinski definition) is 6. The third-order valence-electron chi connectivity index (χ3n) is 4.29. The Hall–Kier alpha value is -3.52. The fourth-order valence-corrected chi connectivity index (χ4v) is 3.69. The van der Waals surface area contributed by atoms with Gasteiger partial charge < -0.3 is 10.4 Å². The number of phenolic OH excluding ortho intramolecular Hbond substituents is 1. The Labute approximate surface area is 163 Å². The van der Waals surface area contributed by atoms with Crippen LogP contribution in [-0.2, 0) is 18.3 Å². The highest BCUT2D eigenvalue weighted by molar-refractivity contribution is 7.14. The molecule has 8 heteroatoms. The Morgan fingerprint density at radius 1 is 1.14 bits per heavy atom. The van der Waals surface area contributed by atoms with E-state index in [0.29, 0.717) is 32.9 Å². The summed E-state index contributed by atoms with van der Waals surface area (Å²) in [5.74, 6) is -0.152. The fraction of sp³-hybridized carbons (Fsp3) is 0.100. The molecule has 28 heavy (non-hydrogen) atoms. The highest BCUT2D eigenvalue weighted by Gasteiger charge is 2.14. The van der Waals surface area contributed by atoms with Crippen LogP contribution in [0.15, 0.2) is 58.7 Å². The minimum atomic E-state index is -0.283. The Bertz CT molecular complexity index is 1250. The number of anilines is 1. The lowest BCUT2D eigenvalue weighted by Crippen LogP contribution is -2.24. The summed E-state index contributed by atoms with van der Waals surface area (Å²) in [7, 11) is 1.57. The molecule has 0 bridgehead atoms. The number of benzene rings is 2. The number of carbonyl (C=O) groups is 1. The van der Waals surface area contributed by atoms with Gasteiger partial charge in [-0.05, 0) is 18.2 Å². The van der Waals surface area contributed by atoms with Crippen molar-refractivity contribution in [3.63, 3.8) is 0 Å². The summed E-state index contributed by atoms with van der Waals surface area (Å²) in [5, 5.41) is 20.3. The van der Waals surface area contributed by atoms with E-state index in [1.807, 2.05) is 12.1 Å². The molecule has 140 valence electrons. The van der Waals surface area contributed by atoms with Gasteiger partial charge in [-0.15, -0.1) is 11.3 Å². The number of carbonyl (C=O) groups excluding carboxylic acids is 1. The summed E-state index contributed by atoms with van der Waals surface area (Å²) in [6, 6.07) is 14.0. The normalized spacial score (nSPS) is 10.9. The van der Waals surface area contributed by atoms with Crippen LogP contribution in [-0.4, -0.2) is 25.8 Å². The number of aryl methyl sites for hydroxylation is 1. The van der Waals surface area contributed by atoms with Gasteiger partial charge in [0, 0.05) is 23.4 Å². The third kappa shape index (κ3) is 3.37. The summed E-state index contributed by atoms with van der Waals surface area (Å²) in [5.41, 5.74) is 1.51. The number of aromatic hydroxyl groups is 1.